The number of halogens is 1. The lowest BCUT2D eigenvalue weighted by Crippen LogP contribution is -2.32. The van der Waals surface area contributed by atoms with Gasteiger partial charge in [-0.25, -0.2) is 4.39 Å². The zero-order valence-electron chi connectivity index (χ0n) is 11.0. The van der Waals surface area contributed by atoms with Crippen molar-refractivity contribution in [2.45, 2.75) is 32.9 Å². The third-order valence-electron chi connectivity index (χ3n) is 3.34. The standard InChI is InChI=1S/C14H19FN2S/c1-9-8-18-14(16-10(9)2)17-11(3)12-6-4-5-7-13(12)15/h4-7,9-11H,8H2,1-3H3,(H,16,17). The molecule has 4 heteroatoms. The first-order valence-electron chi connectivity index (χ1n) is 6.29. The maximum atomic E-state index is 13.6. The second kappa shape index (κ2) is 5.74. The summed E-state index contributed by atoms with van der Waals surface area (Å²) in [5.74, 6) is 1.50. The van der Waals surface area contributed by atoms with Crippen molar-refractivity contribution in [3.05, 3.63) is 35.6 Å². The monoisotopic (exact) mass is 266 g/mol. The molecule has 0 bridgehead atoms. The van der Waals surface area contributed by atoms with Crippen molar-refractivity contribution in [3.8, 4) is 0 Å². The van der Waals surface area contributed by atoms with E-state index in [4.69, 9.17) is 0 Å². The first-order valence-corrected chi connectivity index (χ1v) is 7.28. The Balaban J connectivity index is 2.06. The number of hydrogen-bond acceptors (Lipinski definition) is 3. The summed E-state index contributed by atoms with van der Waals surface area (Å²) in [5, 5.41) is 4.23. The van der Waals surface area contributed by atoms with E-state index in [9.17, 15) is 4.39 Å². The highest BCUT2D eigenvalue weighted by atomic mass is 32.2. The lowest BCUT2D eigenvalue weighted by molar-refractivity contribution is 0.530. The molecule has 0 aliphatic carbocycles. The highest BCUT2D eigenvalue weighted by Gasteiger charge is 2.21. The summed E-state index contributed by atoms with van der Waals surface area (Å²) < 4.78 is 13.6. The van der Waals surface area contributed by atoms with Gasteiger partial charge in [0.15, 0.2) is 5.17 Å². The molecule has 3 atom stereocenters. The van der Waals surface area contributed by atoms with Gasteiger partial charge in [0.05, 0.1) is 12.1 Å². The van der Waals surface area contributed by atoms with Crippen molar-refractivity contribution in [2.75, 3.05) is 5.75 Å². The lowest BCUT2D eigenvalue weighted by Gasteiger charge is -2.26. The average molecular weight is 266 g/mol. The second-order valence-corrected chi connectivity index (χ2v) is 5.86. The number of hydrogen-bond donors (Lipinski definition) is 1. The summed E-state index contributed by atoms with van der Waals surface area (Å²) >= 11 is 1.72. The SMILES string of the molecule is CC(NC1=NC(C)C(C)CS1)c1ccccc1F. The van der Waals surface area contributed by atoms with Crippen molar-refractivity contribution >= 4 is 16.9 Å². The van der Waals surface area contributed by atoms with Crippen LogP contribution in [0.2, 0.25) is 0 Å². The molecule has 1 aromatic carbocycles. The molecule has 0 aromatic heterocycles. The molecular formula is C14H19FN2S. The summed E-state index contributed by atoms with van der Waals surface area (Å²) in [6.07, 6.45) is 0. The van der Waals surface area contributed by atoms with E-state index < -0.39 is 0 Å². The fourth-order valence-corrected chi connectivity index (χ4v) is 3.07. The van der Waals surface area contributed by atoms with Gasteiger partial charge in [-0.15, -0.1) is 0 Å². The van der Waals surface area contributed by atoms with Gasteiger partial charge in [-0.3, -0.25) is 4.99 Å². The van der Waals surface area contributed by atoms with Gasteiger partial charge in [0.1, 0.15) is 5.82 Å². The van der Waals surface area contributed by atoms with Crippen LogP contribution in [0.15, 0.2) is 29.3 Å². The van der Waals surface area contributed by atoms with Crippen molar-refractivity contribution in [2.24, 2.45) is 10.9 Å². The van der Waals surface area contributed by atoms with Crippen LogP contribution in [0.3, 0.4) is 0 Å². The quantitative estimate of drug-likeness (QED) is 0.884. The molecule has 0 saturated heterocycles. The third-order valence-corrected chi connectivity index (χ3v) is 4.53. The third kappa shape index (κ3) is 3.05. The molecule has 0 radical (unpaired) electrons. The smallest absolute Gasteiger partial charge is 0.157 e. The molecule has 18 heavy (non-hydrogen) atoms. The van der Waals surface area contributed by atoms with Crippen LogP contribution in [0.5, 0.6) is 0 Å². The van der Waals surface area contributed by atoms with Crippen LogP contribution < -0.4 is 5.32 Å². The highest BCUT2D eigenvalue weighted by Crippen LogP contribution is 2.24. The Morgan fingerprint density at radius 2 is 2.11 bits per heavy atom. The molecule has 0 fully saturated rings. The van der Waals surface area contributed by atoms with Crippen molar-refractivity contribution in [1.82, 2.24) is 5.32 Å². The van der Waals surface area contributed by atoms with Gasteiger partial charge < -0.3 is 5.32 Å². The highest BCUT2D eigenvalue weighted by molar-refractivity contribution is 8.13. The normalized spacial score (nSPS) is 25.4. The molecule has 1 aliphatic heterocycles. The van der Waals surface area contributed by atoms with Gasteiger partial charge in [0.2, 0.25) is 0 Å². The molecule has 0 amide bonds. The van der Waals surface area contributed by atoms with E-state index in [1.807, 2.05) is 19.1 Å². The summed E-state index contributed by atoms with van der Waals surface area (Å²) in [5.41, 5.74) is 0.687. The van der Waals surface area contributed by atoms with E-state index in [0.29, 0.717) is 17.5 Å². The van der Waals surface area contributed by atoms with Gasteiger partial charge in [-0.1, -0.05) is 36.9 Å². The summed E-state index contributed by atoms with van der Waals surface area (Å²) in [6.45, 7) is 6.29. The predicted molar refractivity (Wildman–Crippen MR) is 76.5 cm³/mol. The van der Waals surface area contributed by atoms with Gasteiger partial charge >= 0.3 is 0 Å². The van der Waals surface area contributed by atoms with E-state index in [1.54, 1.807) is 17.8 Å². The second-order valence-electron chi connectivity index (χ2n) is 4.85. The summed E-state index contributed by atoms with van der Waals surface area (Å²) in [4.78, 5) is 4.60. The molecular weight excluding hydrogens is 247 g/mol. The first-order chi connectivity index (χ1) is 8.58. The molecule has 2 nitrogen and oxygen atoms in total. The van der Waals surface area contributed by atoms with Crippen LogP contribution in [0.1, 0.15) is 32.4 Å². The number of nitrogens with zero attached hydrogens (tertiary/aromatic N) is 1. The number of rotatable bonds is 2. The Kier molecular flexibility index (Phi) is 4.27. The average Bonchev–Trinajstić information content (AvgIpc) is 2.34. The number of benzene rings is 1. The molecule has 1 aliphatic rings. The molecule has 1 heterocycles. The molecule has 1 N–H and O–H groups in total. The van der Waals surface area contributed by atoms with Crippen molar-refractivity contribution < 1.29 is 4.39 Å². The van der Waals surface area contributed by atoms with Gasteiger partial charge in [-0.05, 0) is 25.8 Å². The molecule has 98 valence electrons. The van der Waals surface area contributed by atoms with E-state index in [-0.39, 0.29) is 11.9 Å². The van der Waals surface area contributed by atoms with Crippen LogP contribution in [0, 0.1) is 11.7 Å². The predicted octanol–water partition coefficient (Wildman–Crippen LogP) is 3.60. The minimum atomic E-state index is -0.166. The van der Waals surface area contributed by atoms with Crippen molar-refractivity contribution in [3.63, 3.8) is 0 Å². The van der Waals surface area contributed by atoms with Crippen LogP contribution in [0.4, 0.5) is 4.39 Å². The Labute approximate surface area is 112 Å². The molecule has 3 unspecified atom stereocenters. The fraction of sp³-hybridized carbons (Fsp3) is 0.500. The van der Waals surface area contributed by atoms with Crippen molar-refractivity contribution in [1.29, 1.82) is 0 Å². The summed E-state index contributed by atoms with van der Waals surface area (Å²) in [6, 6.07) is 7.15. The fourth-order valence-electron chi connectivity index (χ4n) is 1.87. The number of amidine groups is 1. The summed E-state index contributed by atoms with van der Waals surface area (Å²) in [7, 11) is 0. The zero-order valence-corrected chi connectivity index (χ0v) is 11.8. The number of thioether (sulfide) groups is 1. The Hall–Kier alpha value is -1.03. The van der Waals surface area contributed by atoms with Crippen LogP contribution >= 0.6 is 11.8 Å². The largest absolute Gasteiger partial charge is 0.358 e. The van der Waals surface area contributed by atoms with E-state index in [2.05, 4.69) is 24.2 Å². The molecule has 1 aromatic rings. The zero-order chi connectivity index (χ0) is 13.1. The maximum Gasteiger partial charge on any atom is 0.157 e. The van der Waals surface area contributed by atoms with Gasteiger partial charge in [-0.2, -0.15) is 0 Å². The number of aliphatic imine (C=N–C) groups is 1. The minimum Gasteiger partial charge on any atom is -0.358 e. The molecule has 2 rings (SSSR count). The first kappa shape index (κ1) is 13.4. The van der Waals surface area contributed by atoms with E-state index in [1.165, 1.54) is 6.07 Å². The topological polar surface area (TPSA) is 24.4 Å². The van der Waals surface area contributed by atoms with Crippen LogP contribution in [0.25, 0.3) is 0 Å². The molecule has 0 spiro atoms. The number of nitrogens with one attached hydrogen (secondary N) is 1. The lowest BCUT2D eigenvalue weighted by atomic mass is 10.1. The van der Waals surface area contributed by atoms with E-state index >= 15 is 0 Å². The van der Waals surface area contributed by atoms with Gasteiger partial charge in [0, 0.05) is 11.3 Å². The van der Waals surface area contributed by atoms with Crippen LogP contribution in [-0.2, 0) is 0 Å². The van der Waals surface area contributed by atoms with Crippen LogP contribution in [-0.4, -0.2) is 17.0 Å². The Morgan fingerprint density at radius 1 is 1.39 bits per heavy atom. The Morgan fingerprint density at radius 3 is 2.78 bits per heavy atom. The van der Waals surface area contributed by atoms with E-state index in [0.717, 1.165) is 10.9 Å². The minimum absolute atomic E-state index is 0.0574. The molecule has 0 saturated carbocycles. The van der Waals surface area contributed by atoms with Gasteiger partial charge in [0.25, 0.3) is 0 Å². The maximum absolute atomic E-state index is 13.6. The Bertz CT molecular complexity index is 447.